The van der Waals surface area contributed by atoms with Crippen molar-refractivity contribution in [2.24, 2.45) is 5.16 Å². The van der Waals surface area contributed by atoms with Gasteiger partial charge in [0.1, 0.15) is 5.82 Å². The van der Waals surface area contributed by atoms with Gasteiger partial charge in [-0.1, -0.05) is 41.6 Å². The molecule has 0 saturated heterocycles. The zero-order valence-corrected chi connectivity index (χ0v) is 14.9. The highest BCUT2D eigenvalue weighted by molar-refractivity contribution is 6.03. The lowest BCUT2D eigenvalue weighted by Crippen LogP contribution is -2.24. The Kier molecular flexibility index (Phi) is 4.32. The summed E-state index contributed by atoms with van der Waals surface area (Å²) in [6.45, 7) is 1.83. The second kappa shape index (κ2) is 6.79. The number of anilines is 1. The molecule has 0 saturated carbocycles. The molecule has 0 amide bonds. The Morgan fingerprint density at radius 2 is 1.89 bits per heavy atom. The van der Waals surface area contributed by atoms with E-state index in [1.807, 2.05) is 37.3 Å². The lowest BCUT2D eigenvalue weighted by atomic mass is 9.78. The molecular formula is C21H19FN4O. The summed E-state index contributed by atoms with van der Waals surface area (Å²) in [4.78, 5) is 8.55. The van der Waals surface area contributed by atoms with Crippen molar-refractivity contribution in [1.82, 2.24) is 9.97 Å². The van der Waals surface area contributed by atoms with Gasteiger partial charge in [0.15, 0.2) is 0 Å². The topological polar surface area (TPSA) is 84.4 Å². The second-order valence-corrected chi connectivity index (χ2v) is 6.74. The number of hydrogen-bond acceptors (Lipinski definition) is 5. The fourth-order valence-electron chi connectivity index (χ4n) is 3.88. The van der Waals surface area contributed by atoms with Crippen LogP contribution in [0.3, 0.4) is 0 Å². The summed E-state index contributed by atoms with van der Waals surface area (Å²) in [7, 11) is 0. The van der Waals surface area contributed by atoms with Gasteiger partial charge in [-0.15, -0.1) is 0 Å². The minimum Gasteiger partial charge on any atom is -0.411 e. The number of fused-ring (bicyclic) bond motifs is 1. The highest BCUT2D eigenvalue weighted by atomic mass is 19.1. The average molecular weight is 362 g/mol. The van der Waals surface area contributed by atoms with Crippen LogP contribution in [0, 0.1) is 12.7 Å². The predicted octanol–water partition coefficient (Wildman–Crippen LogP) is 4.08. The first-order valence-corrected chi connectivity index (χ1v) is 8.76. The van der Waals surface area contributed by atoms with Gasteiger partial charge in [0, 0.05) is 12.0 Å². The summed E-state index contributed by atoms with van der Waals surface area (Å²) in [5.74, 6) is -0.0910. The van der Waals surface area contributed by atoms with E-state index in [9.17, 15) is 9.60 Å². The number of rotatable bonds is 2. The SMILES string of the molecule is Cc1nc(N)nc2c1/C(=N/O)CC(c1ccc(F)cc1-c1ccccc1)C2. The maximum Gasteiger partial charge on any atom is 0.220 e. The molecular weight excluding hydrogens is 343 g/mol. The molecule has 1 heterocycles. The number of aromatic nitrogens is 2. The lowest BCUT2D eigenvalue weighted by Gasteiger charge is -2.27. The van der Waals surface area contributed by atoms with E-state index in [1.165, 1.54) is 6.07 Å². The standard InChI is InChI=1S/C21H19FN4O/c1-12-20-18(25-21(23)24-12)9-14(10-19(20)26-27)16-8-7-15(22)11-17(16)13-5-3-2-4-6-13/h2-8,11,14,27H,9-10H2,1H3,(H2,23,24,25)/b26-19+. The normalized spacial score (nSPS) is 17.7. The Morgan fingerprint density at radius 3 is 2.63 bits per heavy atom. The van der Waals surface area contributed by atoms with Crippen molar-refractivity contribution in [3.8, 4) is 11.1 Å². The first-order chi connectivity index (χ1) is 13.1. The van der Waals surface area contributed by atoms with Crippen LogP contribution in [0.4, 0.5) is 10.3 Å². The van der Waals surface area contributed by atoms with E-state index in [0.29, 0.717) is 24.2 Å². The third-order valence-electron chi connectivity index (χ3n) is 5.01. The molecule has 1 aliphatic carbocycles. The van der Waals surface area contributed by atoms with Crippen LogP contribution in [0.25, 0.3) is 11.1 Å². The maximum atomic E-state index is 14.0. The Bertz CT molecular complexity index is 1030. The summed E-state index contributed by atoms with van der Waals surface area (Å²) in [5.41, 5.74) is 11.3. The highest BCUT2D eigenvalue weighted by Crippen LogP contribution is 2.38. The summed E-state index contributed by atoms with van der Waals surface area (Å²) in [6, 6.07) is 14.5. The number of benzene rings is 2. The van der Waals surface area contributed by atoms with Gasteiger partial charge in [-0.05, 0) is 48.1 Å². The predicted molar refractivity (Wildman–Crippen MR) is 102 cm³/mol. The lowest BCUT2D eigenvalue weighted by molar-refractivity contribution is 0.316. The molecule has 0 bridgehead atoms. The molecule has 3 N–H and O–H groups in total. The van der Waals surface area contributed by atoms with Crippen LogP contribution in [0.1, 0.15) is 34.9 Å². The third kappa shape index (κ3) is 3.14. The van der Waals surface area contributed by atoms with E-state index >= 15 is 0 Å². The fraction of sp³-hybridized carbons (Fsp3) is 0.190. The van der Waals surface area contributed by atoms with Gasteiger partial charge in [-0.25, -0.2) is 14.4 Å². The van der Waals surface area contributed by atoms with Crippen LogP contribution >= 0.6 is 0 Å². The van der Waals surface area contributed by atoms with Crippen LogP contribution in [-0.4, -0.2) is 20.9 Å². The summed E-state index contributed by atoms with van der Waals surface area (Å²) >= 11 is 0. The van der Waals surface area contributed by atoms with E-state index in [0.717, 1.165) is 27.9 Å². The Balaban J connectivity index is 1.84. The van der Waals surface area contributed by atoms with E-state index < -0.39 is 0 Å². The maximum absolute atomic E-state index is 14.0. The van der Waals surface area contributed by atoms with Gasteiger partial charge < -0.3 is 10.9 Å². The van der Waals surface area contributed by atoms with E-state index in [1.54, 1.807) is 12.1 Å². The first kappa shape index (κ1) is 17.1. The van der Waals surface area contributed by atoms with Gasteiger partial charge in [0.05, 0.1) is 17.1 Å². The summed E-state index contributed by atoms with van der Waals surface area (Å²) < 4.78 is 14.0. The zero-order chi connectivity index (χ0) is 19.0. The molecule has 5 nitrogen and oxygen atoms in total. The van der Waals surface area contributed by atoms with E-state index in [4.69, 9.17) is 5.73 Å². The van der Waals surface area contributed by atoms with Crippen molar-refractivity contribution in [3.63, 3.8) is 0 Å². The van der Waals surface area contributed by atoms with Crippen molar-refractivity contribution in [3.05, 3.63) is 76.9 Å². The molecule has 6 heteroatoms. The fourth-order valence-corrected chi connectivity index (χ4v) is 3.88. The first-order valence-electron chi connectivity index (χ1n) is 8.76. The molecule has 1 atom stereocenters. The van der Waals surface area contributed by atoms with Gasteiger partial charge >= 0.3 is 0 Å². The number of nitrogen functional groups attached to an aromatic ring is 1. The van der Waals surface area contributed by atoms with Crippen molar-refractivity contribution in [1.29, 1.82) is 0 Å². The molecule has 0 aliphatic heterocycles. The minimum atomic E-state index is -0.285. The van der Waals surface area contributed by atoms with Crippen LogP contribution in [0.2, 0.25) is 0 Å². The minimum absolute atomic E-state index is 0.00657. The number of nitrogens with two attached hydrogens (primary N) is 1. The Hall–Kier alpha value is -3.28. The summed E-state index contributed by atoms with van der Waals surface area (Å²) in [5, 5.41) is 13.1. The quantitative estimate of drug-likeness (QED) is 0.531. The van der Waals surface area contributed by atoms with Gasteiger partial charge in [-0.3, -0.25) is 0 Å². The molecule has 1 unspecified atom stereocenters. The number of oxime groups is 1. The number of hydrogen-bond donors (Lipinski definition) is 2. The van der Waals surface area contributed by atoms with Crippen LogP contribution in [-0.2, 0) is 6.42 Å². The number of aryl methyl sites for hydroxylation is 1. The Labute approximate surface area is 156 Å². The zero-order valence-electron chi connectivity index (χ0n) is 14.9. The van der Waals surface area contributed by atoms with Crippen molar-refractivity contribution < 1.29 is 9.60 Å². The van der Waals surface area contributed by atoms with Crippen LogP contribution in [0.5, 0.6) is 0 Å². The molecule has 27 heavy (non-hydrogen) atoms. The van der Waals surface area contributed by atoms with Crippen molar-refractivity contribution in [2.45, 2.75) is 25.7 Å². The smallest absolute Gasteiger partial charge is 0.220 e. The van der Waals surface area contributed by atoms with Crippen molar-refractivity contribution in [2.75, 3.05) is 5.73 Å². The molecule has 4 rings (SSSR count). The van der Waals surface area contributed by atoms with Crippen LogP contribution in [0.15, 0.2) is 53.7 Å². The van der Waals surface area contributed by atoms with Gasteiger partial charge in [0.2, 0.25) is 5.95 Å². The van der Waals surface area contributed by atoms with Gasteiger partial charge in [0.25, 0.3) is 0 Å². The summed E-state index contributed by atoms with van der Waals surface area (Å²) in [6.07, 6.45) is 1.14. The van der Waals surface area contributed by atoms with E-state index in [2.05, 4.69) is 15.1 Å². The molecule has 1 aromatic heterocycles. The van der Waals surface area contributed by atoms with Crippen LogP contribution < -0.4 is 5.73 Å². The number of nitrogens with zero attached hydrogens (tertiary/aromatic N) is 3. The van der Waals surface area contributed by atoms with E-state index in [-0.39, 0.29) is 17.7 Å². The largest absolute Gasteiger partial charge is 0.411 e. The monoisotopic (exact) mass is 362 g/mol. The second-order valence-electron chi connectivity index (χ2n) is 6.74. The molecule has 2 aromatic carbocycles. The Morgan fingerprint density at radius 1 is 1.11 bits per heavy atom. The molecule has 0 fully saturated rings. The number of halogens is 1. The molecule has 0 spiro atoms. The molecule has 0 radical (unpaired) electrons. The molecule has 136 valence electrons. The molecule has 1 aliphatic rings. The van der Waals surface area contributed by atoms with Crippen molar-refractivity contribution >= 4 is 11.7 Å². The molecule has 3 aromatic rings. The van der Waals surface area contributed by atoms with Gasteiger partial charge in [-0.2, -0.15) is 0 Å². The average Bonchev–Trinajstić information content (AvgIpc) is 2.67. The highest BCUT2D eigenvalue weighted by Gasteiger charge is 2.30. The third-order valence-corrected chi connectivity index (χ3v) is 5.01.